The molecule has 5 nitrogen and oxygen atoms in total. The van der Waals surface area contributed by atoms with Crippen LogP contribution in [0.2, 0.25) is 0 Å². The van der Waals surface area contributed by atoms with Gasteiger partial charge in [0.2, 0.25) is 0 Å². The van der Waals surface area contributed by atoms with E-state index in [1.54, 1.807) is 0 Å². The van der Waals surface area contributed by atoms with Gasteiger partial charge in [0.15, 0.2) is 5.96 Å². The molecular formula is C24H39IN4OS. The normalized spacial score (nSPS) is 24.2. The van der Waals surface area contributed by atoms with Gasteiger partial charge in [-0.3, -0.25) is 9.89 Å². The summed E-state index contributed by atoms with van der Waals surface area (Å²) in [5.41, 5.74) is 1.59. The van der Waals surface area contributed by atoms with Crippen molar-refractivity contribution in [2.24, 2.45) is 10.9 Å². The highest BCUT2D eigenvalue weighted by molar-refractivity contribution is 14.0. The van der Waals surface area contributed by atoms with E-state index in [0.29, 0.717) is 18.1 Å². The molecule has 0 amide bonds. The van der Waals surface area contributed by atoms with E-state index < -0.39 is 0 Å². The molecule has 31 heavy (non-hydrogen) atoms. The van der Waals surface area contributed by atoms with E-state index in [-0.39, 0.29) is 24.0 Å². The Kier molecular flexibility index (Phi) is 10.3. The number of ether oxygens (including phenoxy) is 1. The van der Waals surface area contributed by atoms with E-state index >= 15 is 0 Å². The molecule has 0 radical (unpaired) electrons. The maximum atomic E-state index is 6.01. The molecule has 2 aliphatic heterocycles. The van der Waals surface area contributed by atoms with E-state index in [0.717, 1.165) is 32.2 Å². The van der Waals surface area contributed by atoms with Crippen molar-refractivity contribution in [3.8, 4) is 0 Å². The fraction of sp³-hybridized carbons (Fsp3) is 0.708. The first-order chi connectivity index (χ1) is 14.8. The van der Waals surface area contributed by atoms with Crippen LogP contribution in [0.3, 0.4) is 0 Å². The molecule has 0 spiro atoms. The van der Waals surface area contributed by atoms with E-state index in [1.165, 1.54) is 62.3 Å². The summed E-state index contributed by atoms with van der Waals surface area (Å²) in [7, 11) is 1.93. The highest BCUT2D eigenvalue weighted by atomic mass is 127. The van der Waals surface area contributed by atoms with Crippen molar-refractivity contribution in [2.75, 3.05) is 57.9 Å². The topological polar surface area (TPSA) is 40.1 Å². The third-order valence-electron chi connectivity index (χ3n) is 7.05. The highest BCUT2D eigenvalue weighted by Crippen LogP contribution is 2.36. The van der Waals surface area contributed by atoms with Crippen LogP contribution in [0.25, 0.3) is 0 Å². The van der Waals surface area contributed by atoms with Crippen LogP contribution < -0.4 is 5.32 Å². The average Bonchev–Trinajstić information content (AvgIpc) is 3.47. The smallest absolute Gasteiger partial charge is 0.193 e. The van der Waals surface area contributed by atoms with Gasteiger partial charge in [-0.2, -0.15) is 11.8 Å². The van der Waals surface area contributed by atoms with Crippen molar-refractivity contribution in [3.63, 3.8) is 0 Å². The number of benzene rings is 1. The first kappa shape index (κ1) is 25.1. The van der Waals surface area contributed by atoms with Gasteiger partial charge < -0.3 is 15.0 Å². The van der Waals surface area contributed by atoms with E-state index in [1.807, 2.05) is 7.05 Å². The maximum Gasteiger partial charge on any atom is 0.193 e. The molecule has 0 aromatic heterocycles. The second-order valence-electron chi connectivity index (χ2n) is 9.03. The van der Waals surface area contributed by atoms with Gasteiger partial charge in [-0.05, 0) is 24.8 Å². The lowest BCUT2D eigenvalue weighted by atomic mass is 9.94. The second-order valence-corrected chi connectivity index (χ2v) is 10.3. The lowest BCUT2D eigenvalue weighted by Gasteiger charge is -2.44. The zero-order valence-electron chi connectivity index (χ0n) is 18.9. The molecule has 1 N–H and O–H groups in total. The Balaban J connectivity index is 0.00000272. The molecule has 174 valence electrons. The van der Waals surface area contributed by atoms with Crippen LogP contribution in [0.1, 0.15) is 37.7 Å². The Labute approximate surface area is 209 Å². The lowest BCUT2D eigenvalue weighted by Crippen LogP contribution is -2.57. The highest BCUT2D eigenvalue weighted by Gasteiger charge is 2.40. The first-order valence-corrected chi connectivity index (χ1v) is 12.8. The van der Waals surface area contributed by atoms with Gasteiger partial charge in [-0.25, -0.2) is 0 Å². The van der Waals surface area contributed by atoms with Gasteiger partial charge in [0, 0.05) is 62.7 Å². The molecule has 1 aromatic rings. The summed E-state index contributed by atoms with van der Waals surface area (Å²) in [5, 5.41) is 3.78. The van der Waals surface area contributed by atoms with Gasteiger partial charge in [0.05, 0.1) is 13.2 Å². The number of likely N-dealkylation sites (tertiary alicyclic amines) is 1. The standard InChI is InChI=1S/C24H38N4OS.HI/c1-25-23(26-20-24(10-5-6-11-24)28-13-15-30-16-14-28)27-12-9-22(17-27)19-29-18-21-7-3-2-4-8-21;/h2-4,7-8,22H,5-6,9-20H2,1H3,(H,25,26);1H. The van der Waals surface area contributed by atoms with Crippen molar-refractivity contribution in [1.29, 1.82) is 0 Å². The van der Waals surface area contributed by atoms with Crippen LogP contribution in [-0.2, 0) is 11.3 Å². The van der Waals surface area contributed by atoms with Crippen molar-refractivity contribution < 1.29 is 4.74 Å². The minimum Gasteiger partial charge on any atom is -0.376 e. The molecule has 1 aliphatic carbocycles. The minimum absolute atomic E-state index is 0. The summed E-state index contributed by atoms with van der Waals surface area (Å²) < 4.78 is 6.01. The number of aliphatic imine (C=N–C) groups is 1. The number of thioether (sulfide) groups is 1. The Morgan fingerprint density at radius 1 is 1.16 bits per heavy atom. The zero-order valence-corrected chi connectivity index (χ0v) is 22.1. The van der Waals surface area contributed by atoms with Gasteiger partial charge >= 0.3 is 0 Å². The summed E-state index contributed by atoms with van der Waals surface area (Å²) in [4.78, 5) is 9.85. The predicted octanol–water partition coefficient (Wildman–Crippen LogP) is 4.08. The number of nitrogens with one attached hydrogen (secondary N) is 1. The van der Waals surface area contributed by atoms with E-state index in [2.05, 4.69) is 62.2 Å². The Morgan fingerprint density at radius 3 is 2.61 bits per heavy atom. The zero-order chi connectivity index (χ0) is 20.7. The third-order valence-corrected chi connectivity index (χ3v) is 8.00. The number of hydrogen-bond donors (Lipinski definition) is 1. The monoisotopic (exact) mass is 558 g/mol. The Bertz CT molecular complexity index is 677. The Hall–Kier alpha value is -0.510. The molecular weight excluding hydrogens is 519 g/mol. The molecule has 1 aromatic carbocycles. The third kappa shape index (κ3) is 6.74. The summed E-state index contributed by atoms with van der Waals surface area (Å²) in [6.07, 6.45) is 6.59. The Morgan fingerprint density at radius 2 is 1.90 bits per heavy atom. The van der Waals surface area contributed by atoms with Crippen molar-refractivity contribution >= 4 is 41.7 Å². The number of hydrogen-bond acceptors (Lipinski definition) is 4. The van der Waals surface area contributed by atoms with Crippen LogP contribution in [0.15, 0.2) is 35.3 Å². The molecule has 2 heterocycles. The fourth-order valence-corrected chi connectivity index (χ4v) is 6.23. The van der Waals surface area contributed by atoms with Crippen LogP contribution in [0.5, 0.6) is 0 Å². The van der Waals surface area contributed by atoms with Crippen LogP contribution in [-0.4, -0.2) is 79.2 Å². The average molecular weight is 559 g/mol. The van der Waals surface area contributed by atoms with Crippen LogP contribution in [0.4, 0.5) is 0 Å². The minimum atomic E-state index is 0. The van der Waals surface area contributed by atoms with Gasteiger partial charge in [-0.1, -0.05) is 43.2 Å². The molecule has 3 aliphatic rings. The first-order valence-electron chi connectivity index (χ1n) is 11.7. The fourth-order valence-electron chi connectivity index (χ4n) is 5.33. The summed E-state index contributed by atoms with van der Waals surface area (Å²) in [6, 6.07) is 10.5. The summed E-state index contributed by atoms with van der Waals surface area (Å²) in [6.45, 7) is 7.19. The molecule has 3 fully saturated rings. The molecule has 1 atom stereocenters. The molecule has 1 saturated carbocycles. The van der Waals surface area contributed by atoms with Crippen molar-refractivity contribution in [2.45, 2.75) is 44.2 Å². The van der Waals surface area contributed by atoms with E-state index in [4.69, 9.17) is 4.74 Å². The molecule has 7 heteroatoms. The largest absolute Gasteiger partial charge is 0.376 e. The number of nitrogens with zero attached hydrogens (tertiary/aromatic N) is 3. The molecule has 4 rings (SSSR count). The summed E-state index contributed by atoms with van der Waals surface area (Å²) >= 11 is 2.10. The van der Waals surface area contributed by atoms with Crippen LogP contribution >= 0.6 is 35.7 Å². The van der Waals surface area contributed by atoms with Gasteiger partial charge in [0.1, 0.15) is 0 Å². The molecule has 2 saturated heterocycles. The van der Waals surface area contributed by atoms with Crippen molar-refractivity contribution in [1.82, 2.24) is 15.1 Å². The lowest BCUT2D eigenvalue weighted by molar-refractivity contribution is 0.0904. The SMILES string of the molecule is CN=C(NCC1(N2CCSCC2)CCCC1)N1CCC(COCc2ccccc2)C1.I. The quantitative estimate of drug-likeness (QED) is 0.311. The van der Waals surface area contributed by atoms with E-state index in [9.17, 15) is 0 Å². The van der Waals surface area contributed by atoms with Crippen molar-refractivity contribution in [3.05, 3.63) is 35.9 Å². The summed E-state index contributed by atoms with van der Waals surface area (Å²) in [5.74, 6) is 4.24. The van der Waals surface area contributed by atoms with Gasteiger partial charge in [-0.15, -0.1) is 24.0 Å². The number of rotatable bonds is 7. The number of guanidine groups is 1. The van der Waals surface area contributed by atoms with Gasteiger partial charge in [0.25, 0.3) is 0 Å². The molecule has 1 unspecified atom stereocenters. The predicted molar refractivity (Wildman–Crippen MR) is 143 cm³/mol. The maximum absolute atomic E-state index is 6.01. The number of halogens is 1. The molecule has 0 bridgehead atoms. The van der Waals surface area contributed by atoms with Crippen LogP contribution in [0, 0.1) is 5.92 Å². The second kappa shape index (κ2) is 12.7.